The van der Waals surface area contributed by atoms with E-state index in [4.69, 9.17) is 4.98 Å². The van der Waals surface area contributed by atoms with E-state index in [0.29, 0.717) is 37.1 Å². The van der Waals surface area contributed by atoms with Gasteiger partial charge < -0.3 is 9.80 Å². The van der Waals surface area contributed by atoms with Crippen molar-refractivity contribution in [2.24, 2.45) is 5.92 Å². The molecule has 142 valence electrons. The number of pyridine rings is 1. The zero-order valence-corrected chi connectivity index (χ0v) is 15.6. The van der Waals surface area contributed by atoms with Gasteiger partial charge in [-0.3, -0.25) is 19.6 Å². The third kappa shape index (κ3) is 4.02. The van der Waals surface area contributed by atoms with E-state index in [1.165, 1.54) is 6.07 Å². The van der Waals surface area contributed by atoms with E-state index < -0.39 is 0 Å². The fourth-order valence-electron chi connectivity index (χ4n) is 3.85. The van der Waals surface area contributed by atoms with Crippen molar-refractivity contribution in [3.8, 4) is 0 Å². The van der Waals surface area contributed by atoms with Crippen LogP contribution in [0.3, 0.4) is 0 Å². The summed E-state index contributed by atoms with van der Waals surface area (Å²) in [6.07, 6.45) is 4.33. The largest absolute Gasteiger partial charge is 0.342 e. The lowest BCUT2D eigenvalue weighted by Gasteiger charge is -2.30. The summed E-state index contributed by atoms with van der Waals surface area (Å²) in [6, 6.07) is 7.24. The van der Waals surface area contributed by atoms with Crippen molar-refractivity contribution in [1.29, 1.82) is 0 Å². The summed E-state index contributed by atoms with van der Waals surface area (Å²) < 4.78 is 0. The molecule has 27 heavy (non-hydrogen) atoms. The Labute approximate surface area is 158 Å². The van der Waals surface area contributed by atoms with E-state index in [9.17, 15) is 9.59 Å². The number of piperidine rings is 1. The fraction of sp³-hybridized carbons (Fsp3) is 0.500. The quantitative estimate of drug-likeness (QED) is 0.893. The first kappa shape index (κ1) is 17.7. The molecule has 7 heteroatoms. The average Bonchev–Trinajstić information content (AvgIpc) is 3.03. The Kier molecular flexibility index (Phi) is 4.92. The van der Waals surface area contributed by atoms with Crippen molar-refractivity contribution in [2.45, 2.75) is 38.6 Å². The minimum Gasteiger partial charge on any atom is -0.342 e. The molecule has 2 aliphatic heterocycles. The number of likely N-dealkylation sites (tertiary alicyclic amines) is 1. The molecule has 7 nitrogen and oxygen atoms in total. The van der Waals surface area contributed by atoms with Gasteiger partial charge in [-0.2, -0.15) is 0 Å². The second-order valence-electron chi connectivity index (χ2n) is 7.66. The highest BCUT2D eigenvalue weighted by Crippen LogP contribution is 2.28. The van der Waals surface area contributed by atoms with E-state index in [2.05, 4.69) is 21.8 Å². The third-order valence-corrected chi connectivity index (χ3v) is 5.54. The summed E-state index contributed by atoms with van der Waals surface area (Å²) >= 11 is 0. The second-order valence-corrected chi connectivity index (χ2v) is 7.66. The van der Waals surface area contributed by atoms with Crippen LogP contribution in [0.25, 0.3) is 0 Å². The number of carbonyl (C=O) groups excluding carboxylic acids is 1. The molecular weight excluding hydrogens is 342 g/mol. The lowest BCUT2D eigenvalue weighted by atomic mass is 9.99. The van der Waals surface area contributed by atoms with Crippen LogP contribution in [0.5, 0.6) is 0 Å². The molecule has 2 aromatic heterocycles. The molecule has 0 saturated carbocycles. The molecule has 2 aromatic rings. The summed E-state index contributed by atoms with van der Waals surface area (Å²) in [5.41, 5.74) is 1.43. The smallest absolute Gasteiger partial charge is 0.252 e. The molecule has 0 radical (unpaired) electrons. The fourth-order valence-corrected chi connectivity index (χ4v) is 3.85. The van der Waals surface area contributed by atoms with Crippen molar-refractivity contribution in [3.63, 3.8) is 0 Å². The average molecular weight is 367 g/mol. The molecule has 2 fully saturated rings. The van der Waals surface area contributed by atoms with Crippen LogP contribution < -0.4 is 10.5 Å². The van der Waals surface area contributed by atoms with Crippen LogP contribution in [0.4, 0.5) is 5.95 Å². The van der Waals surface area contributed by atoms with Gasteiger partial charge >= 0.3 is 0 Å². The van der Waals surface area contributed by atoms with Crippen LogP contribution in [-0.2, 0) is 11.3 Å². The molecule has 1 amide bonds. The highest BCUT2D eigenvalue weighted by molar-refractivity contribution is 5.79. The monoisotopic (exact) mass is 367 g/mol. The maximum absolute atomic E-state index is 12.4. The number of aromatic amines is 1. The van der Waals surface area contributed by atoms with Crippen LogP contribution in [-0.4, -0.2) is 45.4 Å². The molecule has 0 aromatic carbocycles. The van der Waals surface area contributed by atoms with Gasteiger partial charge in [-0.05, 0) is 30.9 Å². The Morgan fingerprint density at radius 3 is 2.78 bits per heavy atom. The number of aromatic nitrogens is 3. The summed E-state index contributed by atoms with van der Waals surface area (Å²) in [7, 11) is 0. The van der Waals surface area contributed by atoms with E-state index in [0.717, 1.165) is 31.6 Å². The van der Waals surface area contributed by atoms with Gasteiger partial charge in [0.15, 0.2) is 0 Å². The zero-order valence-electron chi connectivity index (χ0n) is 15.6. The summed E-state index contributed by atoms with van der Waals surface area (Å²) in [4.78, 5) is 40.5. The number of anilines is 1. The van der Waals surface area contributed by atoms with Crippen molar-refractivity contribution in [3.05, 3.63) is 52.2 Å². The number of amides is 1. The van der Waals surface area contributed by atoms with Gasteiger partial charge in [0, 0.05) is 44.2 Å². The van der Waals surface area contributed by atoms with Gasteiger partial charge in [0.1, 0.15) is 0 Å². The van der Waals surface area contributed by atoms with E-state index >= 15 is 0 Å². The van der Waals surface area contributed by atoms with Crippen molar-refractivity contribution in [2.75, 3.05) is 24.5 Å². The number of carbonyl (C=O) groups is 1. The predicted octanol–water partition coefficient (Wildman–Crippen LogP) is 1.92. The third-order valence-electron chi connectivity index (χ3n) is 5.54. The minimum absolute atomic E-state index is 0.0500. The number of nitrogens with zero attached hydrogens (tertiary/aromatic N) is 4. The Bertz CT molecular complexity index is 858. The first-order valence-electron chi connectivity index (χ1n) is 9.62. The Hall–Kier alpha value is -2.70. The van der Waals surface area contributed by atoms with E-state index in [1.807, 2.05) is 18.2 Å². The molecule has 0 aliphatic carbocycles. The maximum Gasteiger partial charge on any atom is 0.252 e. The normalized spacial score (nSPS) is 21.1. The van der Waals surface area contributed by atoms with Crippen molar-refractivity contribution in [1.82, 2.24) is 19.9 Å². The standard InChI is InChI=1S/C20H25N5O2/c1-14-5-8-24(9-6-14)20-22-17(11-18(26)23-20)15-10-19(27)25(12-15)13-16-4-2-3-7-21-16/h2-4,7,11,14-15H,5-6,8-10,12-13H2,1H3,(H,22,23,26). The van der Waals surface area contributed by atoms with Gasteiger partial charge in [-0.15, -0.1) is 0 Å². The number of rotatable bonds is 4. The first-order valence-corrected chi connectivity index (χ1v) is 9.62. The Morgan fingerprint density at radius 1 is 1.22 bits per heavy atom. The van der Waals surface area contributed by atoms with Crippen molar-refractivity contribution < 1.29 is 4.79 Å². The second kappa shape index (κ2) is 7.50. The lowest BCUT2D eigenvalue weighted by molar-refractivity contribution is -0.128. The Morgan fingerprint density at radius 2 is 2.04 bits per heavy atom. The SMILES string of the molecule is CC1CCN(c2nc(C3CC(=O)N(Cc4ccccn4)C3)cc(=O)[nH]2)CC1. The highest BCUT2D eigenvalue weighted by Gasteiger charge is 2.32. The van der Waals surface area contributed by atoms with Crippen LogP contribution in [0.15, 0.2) is 35.3 Å². The summed E-state index contributed by atoms with van der Waals surface area (Å²) in [6.45, 7) is 5.13. The van der Waals surface area contributed by atoms with Crippen LogP contribution >= 0.6 is 0 Å². The molecule has 2 aliphatic rings. The predicted molar refractivity (Wildman–Crippen MR) is 102 cm³/mol. The van der Waals surface area contributed by atoms with Gasteiger partial charge in [-0.1, -0.05) is 13.0 Å². The van der Waals surface area contributed by atoms with Gasteiger partial charge in [-0.25, -0.2) is 4.98 Å². The number of H-pyrrole nitrogens is 1. The molecule has 1 N–H and O–H groups in total. The highest BCUT2D eigenvalue weighted by atomic mass is 16.2. The maximum atomic E-state index is 12.4. The number of nitrogens with one attached hydrogen (secondary N) is 1. The first-order chi connectivity index (χ1) is 13.1. The van der Waals surface area contributed by atoms with E-state index in [1.54, 1.807) is 11.1 Å². The number of hydrogen-bond donors (Lipinski definition) is 1. The van der Waals surface area contributed by atoms with Crippen molar-refractivity contribution >= 4 is 11.9 Å². The zero-order chi connectivity index (χ0) is 18.8. The Balaban J connectivity index is 1.50. The summed E-state index contributed by atoms with van der Waals surface area (Å²) in [5, 5.41) is 0. The van der Waals surface area contributed by atoms with E-state index in [-0.39, 0.29) is 17.4 Å². The van der Waals surface area contributed by atoms with Crippen LogP contribution in [0.1, 0.15) is 43.5 Å². The van der Waals surface area contributed by atoms with Gasteiger partial charge in [0.2, 0.25) is 11.9 Å². The van der Waals surface area contributed by atoms with Gasteiger partial charge in [0.25, 0.3) is 5.56 Å². The molecule has 0 spiro atoms. The minimum atomic E-state index is -0.149. The van der Waals surface area contributed by atoms with Crippen LogP contribution in [0, 0.1) is 5.92 Å². The summed E-state index contributed by atoms with van der Waals surface area (Å²) in [5.74, 6) is 1.39. The molecule has 1 atom stereocenters. The van der Waals surface area contributed by atoms with Crippen LogP contribution in [0.2, 0.25) is 0 Å². The molecule has 4 rings (SSSR count). The molecular formula is C20H25N5O2. The molecule has 1 unspecified atom stereocenters. The lowest BCUT2D eigenvalue weighted by Crippen LogP contribution is -2.35. The molecule has 2 saturated heterocycles. The molecule has 4 heterocycles. The topological polar surface area (TPSA) is 82.2 Å². The number of hydrogen-bond acceptors (Lipinski definition) is 5. The van der Waals surface area contributed by atoms with Gasteiger partial charge in [0.05, 0.1) is 17.9 Å². The molecule has 0 bridgehead atoms.